The van der Waals surface area contributed by atoms with Crippen molar-refractivity contribution in [2.75, 3.05) is 0 Å². The molecule has 2 aliphatic carbocycles. The van der Waals surface area contributed by atoms with Gasteiger partial charge in [-0.15, -0.1) is 0 Å². The maximum atomic E-state index is 2.45. The molecule has 0 aliphatic heterocycles. The van der Waals surface area contributed by atoms with Gasteiger partial charge in [-0.25, -0.2) is 0 Å². The molecule has 0 bridgehead atoms. The van der Waals surface area contributed by atoms with Crippen molar-refractivity contribution >= 4 is 32.3 Å². The van der Waals surface area contributed by atoms with Gasteiger partial charge in [0.05, 0.1) is 0 Å². The topological polar surface area (TPSA) is 0 Å². The Morgan fingerprint density at radius 3 is 2.00 bits per heavy atom. The summed E-state index contributed by atoms with van der Waals surface area (Å²) in [5.74, 6) is 0. The molecule has 0 aromatic heterocycles. The Labute approximate surface area is 193 Å². The Hall–Kier alpha value is -3.90. The predicted molar refractivity (Wildman–Crippen MR) is 141 cm³/mol. The molecular formula is C33H22. The van der Waals surface area contributed by atoms with Crippen LogP contribution in [0.5, 0.6) is 0 Å². The van der Waals surface area contributed by atoms with Gasteiger partial charge in [-0.3, -0.25) is 0 Å². The van der Waals surface area contributed by atoms with Gasteiger partial charge in [0.15, 0.2) is 0 Å². The van der Waals surface area contributed by atoms with Crippen molar-refractivity contribution in [2.24, 2.45) is 0 Å². The standard InChI is InChI=1S/C33H22/c1-33(2)28-12-4-3-9-22(28)23-15-14-20(18-29(23)33)27-17-21-8-6-11-25-24-10-5-7-19-13-16-26(27)32(30(19)24)31(21)25/h3-18H,1-2H3. The van der Waals surface area contributed by atoms with Gasteiger partial charge in [-0.05, 0) is 89.0 Å². The normalized spacial score (nSPS) is 14.6. The summed E-state index contributed by atoms with van der Waals surface area (Å²) in [5, 5.41) is 8.28. The van der Waals surface area contributed by atoms with Gasteiger partial charge >= 0.3 is 0 Å². The van der Waals surface area contributed by atoms with Crippen molar-refractivity contribution in [3.63, 3.8) is 0 Å². The molecule has 0 saturated heterocycles. The van der Waals surface area contributed by atoms with Gasteiger partial charge in [-0.1, -0.05) is 98.8 Å². The summed E-state index contributed by atoms with van der Waals surface area (Å²) in [6.07, 6.45) is 0. The average Bonchev–Trinajstić information content (AvgIpc) is 3.31. The van der Waals surface area contributed by atoms with Crippen molar-refractivity contribution in [3.05, 3.63) is 108 Å². The van der Waals surface area contributed by atoms with Crippen LogP contribution in [0.15, 0.2) is 97.1 Å². The maximum absolute atomic E-state index is 2.45. The molecule has 0 N–H and O–H groups in total. The molecule has 0 unspecified atom stereocenters. The van der Waals surface area contributed by atoms with Crippen LogP contribution in [0.25, 0.3) is 65.7 Å². The van der Waals surface area contributed by atoms with E-state index in [2.05, 4.69) is 111 Å². The fraction of sp³-hybridized carbons (Fsp3) is 0.0909. The lowest BCUT2D eigenvalue weighted by Gasteiger charge is -2.22. The third-order valence-electron chi connectivity index (χ3n) is 8.17. The largest absolute Gasteiger partial charge is 0.0619 e. The first-order chi connectivity index (χ1) is 16.1. The highest BCUT2D eigenvalue weighted by Crippen LogP contribution is 2.52. The molecule has 0 atom stereocenters. The summed E-state index contributed by atoms with van der Waals surface area (Å²) in [6, 6.07) is 36.6. The van der Waals surface area contributed by atoms with E-state index in [0.717, 1.165) is 0 Å². The van der Waals surface area contributed by atoms with E-state index in [1.165, 1.54) is 76.8 Å². The van der Waals surface area contributed by atoms with Crippen LogP contribution in [0, 0.1) is 0 Å². The van der Waals surface area contributed by atoms with Crippen LogP contribution in [0.2, 0.25) is 0 Å². The average molecular weight is 419 g/mol. The minimum atomic E-state index is 0.00951. The zero-order chi connectivity index (χ0) is 21.9. The van der Waals surface area contributed by atoms with E-state index in [9.17, 15) is 0 Å². The Kier molecular flexibility index (Phi) is 3.05. The smallest absolute Gasteiger partial charge is 0.0159 e. The molecule has 154 valence electrons. The molecule has 8 rings (SSSR count). The van der Waals surface area contributed by atoms with E-state index in [0.29, 0.717) is 0 Å². The van der Waals surface area contributed by atoms with Crippen LogP contribution < -0.4 is 0 Å². The molecule has 0 amide bonds. The molecule has 0 fully saturated rings. The molecular weight excluding hydrogens is 396 g/mol. The Morgan fingerprint density at radius 2 is 1.15 bits per heavy atom. The van der Waals surface area contributed by atoms with Crippen molar-refractivity contribution < 1.29 is 0 Å². The van der Waals surface area contributed by atoms with Gasteiger partial charge < -0.3 is 0 Å². The number of hydrogen-bond donors (Lipinski definition) is 0. The predicted octanol–water partition coefficient (Wildman–Crippen LogP) is 9.10. The fourth-order valence-corrected chi connectivity index (χ4v) is 6.63. The van der Waals surface area contributed by atoms with Crippen molar-refractivity contribution in [3.8, 4) is 33.4 Å². The lowest BCUT2D eigenvalue weighted by molar-refractivity contribution is 0.660. The summed E-state index contributed by atoms with van der Waals surface area (Å²) < 4.78 is 0. The minimum absolute atomic E-state index is 0.00951. The van der Waals surface area contributed by atoms with E-state index < -0.39 is 0 Å². The zero-order valence-corrected chi connectivity index (χ0v) is 18.7. The molecule has 0 radical (unpaired) electrons. The highest BCUT2D eigenvalue weighted by Gasteiger charge is 2.35. The first kappa shape index (κ1) is 17.6. The lowest BCUT2D eigenvalue weighted by atomic mass is 9.81. The molecule has 33 heavy (non-hydrogen) atoms. The molecule has 2 aliphatic rings. The van der Waals surface area contributed by atoms with Gasteiger partial charge in [-0.2, -0.15) is 0 Å². The lowest BCUT2D eigenvalue weighted by Crippen LogP contribution is -2.14. The van der Waals surface area contributed by atoms with Gasteiger partial charge in [0.25, 0.3) is 0 Å². The Morgan fingerprint density at radius 1 is 0.455 bits per heavy atom. The highest BCUT2D eigenvalue weighted by molar-refractivity contribution is 6.34. The van der Waals surface area contributed by atoms with Gasteiger partial charge in [0, 0.05) is 5.41 Å². The summed E-state index contributed by atoms with van der Waals surface area (Å²) >= 11 is 0. The molecule has 0 spiro atoms. The van der Waals surface area contributed by atoms with Crippen LogP contribution in [-0.4, -0.2) is 0 Å². The van der Waals surface area contributed by atoms with E-state index in [1.54, 1.807) is 0 Å². The number of rotatable bonds is 1. The minimum Gasteiger partial charge on any atom is -0.0619 e. The van der Waals surface area contributed by atoms with Gasteiger partial charge in [0.1, 0.15) is 0 Å². The van der Waals surface area contributed by atoms with Crippen molar-refractivity contribution in [2.45, 2.75) is 19.3 Å². The Balaban J connectivity index is 1.48. The number of hydrogen-bond acceptors (Lipinski definition) is 0. The quantitative estimate of drug-likeness (QED) is 0.233. The summed E-state index contributed by atoms with van der Waals surface area (Å²) in [5.41, 5.74) is 11.0. The van der Waals surface area contributed by atoms with E-state index >= 15 is 0 Å². The van der Waals surface area contributed by atoms with Crippen LogP contribution in [0.3, 0.4) is 0 Å². The van der Waals surface area contributed by atoms with Gasteiger partial charge in [0.2, 0.25) is 0 Å². The van der Waals surface area contributed by atoms with Crippen LogP contribution in [-0.2, 0) is 5.41 Å². The third-order valence-corrected chi connectivity index (χ3v) is 8.17. The molecule has 0 heteroatoms. The monoisotopic (exact) mass is 418 g/mol. The maximum Gasteiger partial charge on any atom is 0.0159 e. The SMILES string of the molecule is CC1(C)c2ccccc2-c2ccc(-c3cc4cccc5c4c4c3ccc3cccc-5c34)cc21. The van der Waals surface area contributed by atoms with E-state index in [1.807, 2.05) is 0 Å². The first-order valence-electron chi connectivity index (χ1n) is 11.8. The summed E-state index contributed by atoms with van der Waals surface area (Å²) in [7, 11) is 0. The van der Waals surface area contributed by atoms with Crippen molar-refractivity contribution in [1.82, 2.24) is 0 Å². The second-order valence-corrected chi connectivity index (χ2v) is 10.2. The first-order valence-corrected chi connectivity index (χ1v) is 11.8. The van der Waals surface area contributed by atoms with E-state index in [-0.39, 0.29) is 5.41 Å². The molecule has 6 aromatic rings. The van der Waals surface area contributed by atoms with Crippen LogP contribution in [0.1, 0.15) is 25.0 Å². The molecule has 0 saturated carbocycles. The zero-order valence-electron chi connectivity index (χ0n) is 18.7. The summed E-state index contributed by atoms with van der Waals surface area (Å²) in [6.45, 7) is 4.72. The fourth-order valence-electron chi connectivity index (χ4n) is 6.63. The Bertz CT molecular complexity index is 1810. The molecule has 0 heterocycles. The van der Waals surface area contributed by atoms with Crippen LogP contribution >= 0.6 is 0 Å². The third kappa shape index (κ3) is 2.03. The molecule has 0 nitrogen and oxygen atoms in total. The number of benzene rings is 6. The second-order valence-electron chi connectivity index (χ2n) is 10.2. The van der Waals surface area contributed by atoms with Crippen LogP contribution in [0.4, 0.5) is 0 Å². The number of fused-ring (bicyclic) bond motifs is 4. The summed E-state index contributed by atoms with van der Waals surface area (Å²) in [4.78, 5) is 0. The van der Waals surface area contributed by atoms with E-state index in [4.69, 9.17) is 0 Å². The second kappa shape index (κ2) is 5.71. The molecule has 6 aromatic carbocycles. The van der Waals surface area contributed by atoms with Crippen molar-refractivity contribution in [1.29, 1.82) is 0 Å². The highest BCUT2D eigenvalue weighted by atomic mass is 14.4.